The van der Waals surface area contributed by atoms with Crippen molar-refractivity contribution in [1.29, 1.82) is 5.41 Å². The monoisotopic (exact) mass is 449 g/mol. The van der Waals surface area contributed by atoms with E-state index in [1.165, 1.54) is 13.3 Å². The maximum Gasteiger partial charge on any atom is 0.241 e. The quantitative estimate of drug-likeness (QED) is 0.417. The van der Waals surface area contributed by atoms with Crippen molar-refractivity contribution in [2.24, 2.45) is 10.9 Å². The van der Waals surface area contributed by atoms with Crippen molar-refractivity contribution in [3.63, 3.8) is 0 Å². The number of rotatable bonds is 9. The first-order valence-corrected chi connectivity index (χ1v) is 10.4. The first kappa shape index (κ1) is 23.6. The van der Waals surface area contributed by atoms with Crippen molar-refractivity contribution in [2.45, 2.75) is 32.1 Å². The Labute approximate surface area is 191 Å². The number of nitrogens with zero attached hydrogens (tertiary/aromatic N) is 6. The summed E-state index contributed by atoms with van der Waals surface area (Å²) in [6.07, 6.45) is 7.63. The van der Waals surface area contributed by atoms with Gasteiger partial charge in [-0.2, -0.15) is 4.98 Å². The summed E-state index contributed by atoms with van der Waals surface area (Å²) >= 11 is 0. The maximum atomic E-state index is 11.4. The van der Waals surface area contributed by atoms with Crippen LogP contribution in [0.2, 0.25) is 0 Å². The van der Waals surface area contributed by atoms with Crippen LogP contribution in [0, 0.1) is 11.3 Å². The van der Waals surface area contributed by atoms with E-state index in [1.807, 2.05) is 19.1 Å². The zero-order valence-electron chi connectivity index (χ0n) is 19.0. The molecule has 4 N–H and O–H groups in total. The van der Waals surface area contributed by atoms with Crippen LogP contribution in [0.1, 0.15) is 44.0 Å². The summed E-state index contributed by atoms with van der Waals surface area (Å²) < 4.78 is 5.47. The number of pyridine rings is 1. The minimum Gasteiger partial charge on any atom is -0.368 e. The van der Waals surface area contributed by atoms with Crippen LogP contribution >= 0.6 is 0 Å². The Kier molecular flexibility index (Phi) is 7.21. The van der Waals surface area contributed by atoms with Gasteiger partial charge >= 0.3 is 0 Å². The van der Waals surface area contributed by atoms with E-state index in [2.05, 4.69) is 49.2 Å². The lowest BCUT2D eigenvalue weighted by Gasteiger charge is -2.30. The summed E-state index contributed by atoms with van der Waals surface area (Å²) in [6, 6.07) is 3.85. The Morgan fingerprint density at radius 3 is 2.58 bits per heavy atom. The summed E-state index contributed by atoms with van der Waals surface area (Å²) in [6.45, 7) is 6.12. The predicted molar refractivity (Wildman–Crippen MR) is 124 cm³/mol. The van der Waals surface area contributed by atoms with Crippen LogP contribution in [0.4, 0.5) is 5.95 Å². The van der Waals surface area contributed by atoms with Crippen molar-refractivity contribution < 1.29 is 9.32 Å². The molecule has 0 saturated heterocycles. The lowest BCUT2D eigenvalue weighted by molar-refractivity contribution is -0.119. The highest BCUT2D eigenvalue weighted by Gasteiger charge is 2.38. The van der Waals surface area contributed by atoms with Gasteiger partial charge in [0.1, 0.15) is 12.5 Å². The fourth-order valence-electron chi connectivity index (χ4n) is 3.15. The molecule has 33 heavy (non-hydrogen) atoms. The average Bonchev–Trinajstić information content (AvgIpc) is 3.32. The third kappa shape index (κ3) is 5.08. The smallest absolute Gasteiger partial charge is 0.241 e. The van der Waals surface area contributed by atoms with Gasteiger partial charge in [-0.1, -0.05) is 25.1 Å². The standard InChI is InChI=1S/C22H27N9O2/c1-13(2)22(3,16-5-6-17(27-11-16)15-9-28-21(24)29-10-15)20-30-19(33-31-20)14(7-23)8-26-12-18(32)25-4/h5-11,13-14,23H,12H2,1-4H3,(H,25,32)(H2,24,28,29). The number of carbonyl (C=O) groups excluding carboxylic acids is 1. The fraction of sp³-hybridized carbons (Fsp3) is 0.364. The lowest BCUT2D eigenvalue weighted by Crippen LogP contribution is -2.31. The van der Waals surface area contributed by atoms with Gasteiger partial charge in [-0.05, 0) is 24.5 Å². The van der Waals surface area contributed by atoms with Gasteiger partial charge < -0.3 is 21.0 Å². The number of aliphatic imine (C=N–C) groups is 1. The zero-order chi connectivity index (χ0) is 24.0. The molecule has 0 aromatic carbocycles. The molecule has 3 heterocycles. The highest BCUT2D eigenvalue weighted by molar-refractivity contribution is 5.89. The molecule has 0 saturated carbocycles. The number of anilines is 1. The van der Waals surface area contributed by atoms with Gasteiger partial charge in [0, 0.05) is 43.6 Å². The molecule has 3 aromatic heterocycles. The molecule has 1 amide bonds. The van der Waals surface area contributed by atoms with Gasteiger partial charge in [0.2, 0.25) is 17.7 Å². The summed E-state index contributed by atoms with van der Waals surface area (Å²) in [5, 5.41) is 14.4. The lowest BCUT2D eigenvalue weighted by atomic mass is 9.73. The summed E-state index contributed by atoms with van der Waals surface area (Å²) in [5.74, 6) is 0.169. The summed E-state index contributed by atoms with van der Waals surface area (Å²) in [4.78, 5) is 32.6. The molecule has 2 unspecified atom stereocenters. The molecular formula is C22H27N9O2. The second-order valence-corrected chi connectivity index (χ2v) is 7.93. The van der Waals surface area contributed by atoms with Crippen LogP contribution < -0.4 is 11.1 Å². The Balaban J connectivity index is 1.89. The van der Waals surface area contributed by atoms with E-state index in [9.17, 15) is 4.79 Å². The number of nitrogens with one attached hydrogen (secondary N) is 2. The Morgan fingerprint density at radius 2 is 2.00 bits per heavy atom. The normalized spacial score (nSPS) is 14.2. The van der Waals surface area contributed by atoms with Crippen molar-refractivity contribution in [3.8, 4) is 11.3 Å². The number of amides is 1. The van der Waals surface area contributed by atoms with E-state index < -0.39 is 11.3 Å². The Bertz CT molecular complexity index is 1120. The van der Waals surface area contributed by atoms with Crippen LogP contribution in [0.25, 0.3) is 11.3 Å². The van der Waals surface area contributed by atoms with Crippen molar-refractivity contribution in [2.75, 3.05) is 19.3 Å². The molecule has 0 aliphatic rings. The molecule has 11 heteroatoms. The van der Waals surface area contributed by atoms with Gasteiger partial charge in [-0.15, -0.1) is 0 Å². The number of carbonyl (C=O) groups is 1. The van der Waals surface area contributed by atoms with Crippen LogP contribution in [-0.4, -0.2) is 57.0 Å². The minimum absolute atomic E-state index is 0.0391. The van der Waals surface area contributed by atoms with Crippen LogP contribution in [-0.2, 0) is 10.2 Å². The molecule has 172 valence electrons. The van der Waals surface area contributed by atoms with E-state index in [4.69, 9.17) is 15.7 Å². The fourth-order valence-corrected chi connectivity index (χ4v) is 3.15. The number of hydrogen-bond acceptors (Lipinski definition) is 10. The van der Waals surface area contributed by atoms with Crippen molar-refractivity contribution in [3.05, 3.63) is 48.0 Å². The molecular weight excluding hydrogens is 422 g/mol. The maximum absolute atomic E-state index is 11.4. The molecule has 2 atom stereocenters. The molecule has 3 rings (SSSR count). The van der Waals surface area contributed by atoms with Gasteiger partial charge in [0.15, 0.2) is 5.82 Å². The molecule has 0 aliphatic carbocycles. The van der Waals surface area contributed by atoms with Gasteiger partial charge in [0.05, 0.1) is 11.1 Å². The molecule has 11 nitrogen and oxygen atoms in total. The second-order valence-electron chi connectivity index (χ2n) is 7.93. The molecule has 0 spiro atoms. The summed E-state index contributed by atoms with van der Waals surface area (Å²) in [5.41, 5.74) is 7.34. The predicted octanol–water partition coefficient (Wildman–Crippen LogP) is 2.02. The molecule has 0 aliphatic heterocycles. The first-order valence-electron chi connectivity index (χ1n) is 10.4. The third-order valence-corrected chi connectivity index (χ3v) is 5.64. The molecule has 0 fully saturated rings. The minimum atomic E-state index is -0.627. The van der Waals surface area contributed by atoms with Crippen LogP contribution in [0.3, 0.4) is 0 Å². The average molecular weight is 450 g/mol. The van der Waals surface area contributed by atoms with E-state index in [1.54, 1.807) is 18.6 Å². The van der Waals surface area contributed by atoms with Gasteiger partial charge in [-0.25, -0.2) is 9.97 Å². The SMILES string of the molecule is CNC(=O)CN=CC(C=N)c1nc(C(C)(c2ccc(-c3cnc(N)nc3)nc2)C(C)C)no1. The highest BCUT2D eigenvalue weighted by atomic mass is 16.5. The van der Waals surface area contributed by atoms with E-state index in [0.29, 0.717) is 5.82 Å². The van der Waals surface area contributed by atoms with Gasteiger partial charge in [0.25, 0.3) is 0 Å². The Morgan fingerprint density at radius 1 is 1.27 bits per heavy atom. The number of nitrogens with two attached hydrogens (primary N) is 1. The number of aromatic nitrogens is 5. The zero-order valence-corrected chi connectivity index (χ0v) is 19.0. The van der Waals surface area contributed by atoms with E-state index >= 15 is 0 Å². The van der Waals surface area contributed by atoms with E-state index in [0.717, 1.165) is 23.0 Å². The van der Waals surface area contributed by atoms with Crippen LogP contribution in [0.5, 0.6) is 0 Å². The van der Waals surface area contributed by atoms with Crippen molar-refractivity contribution in [1.82, 2.24) is 30.4 Å². The van der Waals surface area contributed by atoms with E-state index in [-0.39, 0.29) is 30.2 Å². The second kappa shape index (κ2) is 10.1. The molecule has 0 bridgehead atoms. The molecule has 0 radical (unpaired) electrons. The topological polar surface area (TPSA) is 169 Å². The third-order valence-electron chi connectivity index (χ3n) is 5.64. The number of nitrogen functional groups attached to an aromatic ring is 1. The Hall–Kier alpha value is -4.02. The van der Waals surface area contributed by atoms with Crippen molar-refractivity contribution >= 4 is 24.3 Å². The summed E-state index contributed by atoms with van der Waals surface area (Å²) in [7, 11) is 1.54. The first-order chi connectivity index (χ1) is 15.8. The van der Waals surface area contributed by atoms with Crippen LogP contribution in [0.15, 0.2) is 40.2 Å². The number of hydrogen-bond donors (Lipinski definition) is 3. The largest absolute Gasteiger partial charge is 0.368 e. The van der Waals surface area contributed by atoms with Gasteiger partial charge in [-0.3, -0.25) is 14.8 Å². The molecule has 3 aromatic rings. The number of likely N-dealkylation sites (N-methyl/N-ethyl adjacent to an activating group) is 1. The highest BCUT2D eigenvalue weighted by Crippen LogP contribution is 2.37.